The molecule has 10 heteroatoms. The van der Waals surface area contributed by atoms with E-state index in [2.05, 4.69) is 0 Å². The quantitative estimate of drug-likeness (QED) is 0.269. The maximum Gasteiger partial charge on any atom is 0.271 e. The van der Waals surface area contributed by atoms with E-state index < -0.39 is 21.8 Å². The third-order valence-electron chi connectivity index (χ3n) is 6.89. The Bertz CT molecular complexity index is 1690. The Kier molecular flexibility index (Phi) is 8.71. The molecule has 0 saturated carbocycles. The summed E-state index contributed by atoms with van der Waals surface area (Å²) in [6, 6.07) is 17.9. The molecule has 2 heterocycles. The molecule has 3 aromatic rings. The van der Waals surface area contributed by atoms with E-state index in [1.165, 1.54) is 4.31 Å². The molecule has 41 heavy (non-hydrogen) atoms. The van der Waals surface area contributed by atoms with Crippen LogP contribution in [0.1, 0.15) is 40.2 Å². The van der Waals surface area contributed by atoms with E-state index in [-0.39, 0.29) is 28.5 Å². The first-order chi connectivity index (χ1) is 19.5. The minimum atomic E-state index is -3.73. The second kappa shape index (κ2) is 12.0. The van der Waals surface area contributed by atoms with Crippen LogP contribution in [-0.2, 0) is 19.6 Å². The Morgan fingerprint density at radius 1 is 1.02 bits per heavy atom. The molecule has 0 bridgehead atoms. The van der Waals surface area contributed by atoms with Crippen LogP contribution in [-0.4, -0.2) is 58.9 Å². The van der Waals surface area contributed by atoms with E-state index in [9.17, 15) is 23.3 Å². The number of benzene rings is 2. The van der Waals surface area contributed by atoms with Crippen molar-refractivity contribution in [3.63, 3.8) is 0 Å². The predicted octanol–water partition coefficient (Wildman–Crippen LogP) is 4.82. The maximum atomic E-state index is 13.6. The highest BCUT2D eigenvalue weighted by Gasteiger charge is 2.36. The van der Waals surface area contributed by atoms with Crippen LogP contribution in [0.2, 0.25) is 0 Å². The van der Waals surface area contributed by atoms with E-state index in [4.69, 9.17) is 5.10 Å². The van der Waals surface area contributed by atoms with Gasteiger partial charge in [0.1, 0.15) is 17.3 Å². The van der Waals surface area contributed by atoms with Gasteiger partial charge < -0.3 is 0 Å². The smallest absolute Gasteiger partial charge is 0.271 e. The van der Waals surface area contributed by atoms with Crippen LogP contribution in [0.4, 0.5) is 0 Å². The predicted molar refractivity (Wildman–Crippen MR) is 157 cm³/mol. The van der Waals surface area contributed by atoms with Gasteiger partial charge in [0.2, 0.25) is 10.0 Å². The molecule has 0 aliphatic carbocycles. The van der Waals surface area contributed by atoms with Crippen LogP contribution in [0.15, 0.2) is 82.4 Å². The zero-order valence-electron chi connectivity index (χ0n) is 23.8. The van der Waals surface area contributed by atoms with Crippen LogP contribution in [0.3, 0.4) is 0 Å². The monoisotopic (exact) mass is 571 g/mol. The summed E-state index contributed by atoms with van der Waals surface area (Å²) in [7, 11) is -3.73. The minimum absolute atomic E-state index is 0.00869. The molecule has 0 radical (unpaired) electrons. The molecular formula is C31H33N5O4S. The molecule has 9 nitrogen and oxygen atoms in total. The van der Waals surface area contributed by atoms with Crippen LogP contribution < -0.4 is 0 Å². The summed E-state index contributed by atoms with van der Waals surface area (Å²) >= 11 is 0. The summed E-state index contributed by atoms with van der Waals surface area (Å²) in [4.78, 5) is 27.8. The Morgan fingerprint density at radius 3 is 2.32 bits per heavy atom. The van der Waals surface area contributed by atoms with E-state index in [0.717, 1.165) is 10.6 Å². The average molecular weight is 572 g/mol. The van der Waals surface area contributed by atoms with Gasteiger partial charge in [0, 0.05) is 42.5 Å². The van der Waals surface area contributed by atoms with Gasteiger partial charge in [-0.1, -0.05) is 58.0 Å². The van der Waals surface area contributed by atoms with Gasteiger partial charge in [0.15, 0.2) is 0 Å². The lowest BCUT2D eigenvalue weighted by Crippen LogP contribution is -2.44. The Morgan fingerprint density at radius 2 is 1.71 bits per heavy atom. The van der Waals surface area contributed by atoms with Crippen molar-refractivity contribution in [3.05, 3.63) is 83.1 Å². The number of rotatable bonds is 9. The highest BCUT2D eigenvalue weighted by atomic mass is 32.2. The maximum absolute atomic E-state index is 13.6. The summed E-state index contributed by atoms with van der Waals surface area (Å²) in [6.45, 7) is 9.80. The van der Waals surface area contributed by atoms with E-state index >= 15 is 0 Å². The number of carbonyl (C=O) groups excluding carboxylic acids is 2. The van der Waals surface area contributed by atoms with Crippen molar-refractivity contribution < 1.29 is 18.0 Å². The summed E-state index contributed by atoms with van der Waals surface area (Å²) in [5.74, 6) is -1.08. The number of nitriles is 1. The van der Waals surface area contributed by atoms with E-state index in [0.29, 0.717) is 35.5 Å². The number of sulfonamides is 1. The number of nitrogens with zero attached hydrogens (tertiary/aromatic N) is 5. The molecule has 0 unspecified atom stereocenters. The molecule has 212 valence electrons. The number of hydrogen-bond donors (Lipinski definition) is 0. The molecule has 1 aromatic heterocycles. The fourth-order valence-electron chi connectivity index (χ4n) is 4.76. The van der Waals surface area contributed by atoms with Gasteiger partial charge in [-0.2, -0.15) is 14.7 Å². The van der Waals surface area contributed by atoms with Crippen LogP contribution in [0, 0.1) is 17.2 Å². The van der Waals surface area contributed by atoms with Crippen molar-refractivity contribution in [1.82, 2.24) is 19.0 Å². The molecule has 4 rings (SSSR count). The third kappa shape index (κ3) is 5.78. The Labute approximate surface area is 241 Å². The lowest BCUT2D eigenvalue weighted by atomic mass is 9.92. The summed E-state index contributed by atoms with van der Waals surface area (Å²) in [6.07, 6.45) is 3.38. The van der Waals surface area contributed by atoms with E-state index in [1.807, 2.05) is 50.2 Å². The number of para-hydroxylation sites is 1. The first-order valence-electron chi connectivity index (χ1n) is 13.5. The fraction of sp³-hybridized carbons (Fsp3) is 0.290. The molecule has 2 amide bonds. The molecule has 0 fully saturated rings. The number of hydrogen-bond acceptors (Lipinski definition) is 6. The number of amides is 2. The van der Waals surface area contributed by atoms with Gasteiger partial charge in [-0.05, 0) is 48.8 Å². The van der Waals surface area contributed by atoms with Crippen LogP contribution in [0.5, 0.6) is 0 Å². The Hall–Kier alpha value is -4.33. The average Bonchev–Trinajstić information content (AvgIpc) is 3.39. The zero-order chi connectivity index (χ0) is 29.9. The Balaban J connectivity index is 1.94. The topological polar surface area (TPSA) is 116 Å². The second-order valence-electron chi connectivity index (χ2n) is 10.1. The highest BCUT2D eigenvalue weighted by molar-refractivity contribution is 7.89. The first-order valence-corrected chi connectivity index (χ1v) is 14.9. The van der Waals surface area contributed by atoms with Gasteiger partial charge in [0.25, 0.3) is 11.8 Å². The van der Waals surface area contributed by atoms with Gasteiger partial charge in [-0.25, -0.2) is 13.1 Å². The molecule has 1 aliphatic heterocycles. The van der Waals surface area contributed by atoms with Crippen molar-refractivity contribution in [2.24, 2.45) is 5.92 Å². The van der Waals surface area contributed by atoms with Crippen molar-refractivity contribution >= 4 is 27.9 Å². The molecule has 1 aliphatic rings. The van der Waals surface area contributed by atoms with Gasteiger partial charge in [-0.3, -0.25) is 14.5 Å². The molecule has 0 saturated heterocycles. The van der Waals surface area contributed by atoms with Crippen LogP contribution in [0.25, 0.3) is 23.0 Å². The van der Waals surface area contributed by atoms with Crippen molar-refractivity contribution in [1.29, 1.82) is 5.26 Å². The lowest BCUT2D eigenvalue weighted by molar-refractivity contribution is -0.141. The summed E-state index contributed by atoms with van der Waals surface area (Å²) in [5.41, 5.74) is 2.71. The fourth-order valence-corrected chi connectivity index (χ4v) is 6.27. The highest BCUT2D eigenvalue weighted by Crippen LogP contribution is 2.32. The molecule has 0 atom stereocenters. The molecule has 0 spiro atoms. The van der Waals surface area contributed by atoms with E-state index in [1.54, 1.807) is 62.0 Å². The zero-order valence-corrected chi connectivity index (χ0v) is 24.6. The first kappa shape index (κ1) is 29.6. The normalized spacial score (nSPS) is 15.4. The van der Waals surface area contributed by atoms with Crippen LogP contribution >= 0.6 is 0 Å². The lowest BCUT2D eigenvalue weighted by Gasteiger charge is -2.28. The molecule has 2 aromatic carbocycles. The second-order valence-corrected chi connectivity index (χ2v) is 12.1. The number of aromatic nitrogens is 2. The van der Waals surface area contributed by atoms with Gasteiger partial charge in [0.05, 0.1) is 10.6 Å². The minimum Gasteiger partial charge on any atom is -0.273 e. The SMILES string of the molecule is CCN(CC)S(=O)(=O)c1cccc(-c2nn(-c3ccccc3)cc2/C=C2/C(=O)N(CC(C)C)C(=O)C(C#N)=C2C)c1. The molecular weight excluding hydrogens is 538 g/mol. The molecule has 0 N–H and O–H groups in total. The summed E-state index contributed by atoms with van der Waals surface area (Å²) < 4.78 is 29.6. The standard InChI is InChI=1S/C31H33N5O4S/c1-6-34(7-2)41(39,40)26-15-11-12-23(16-26)29-24(20-36(33-29)25-13-9-8-10-14-25)17-27-22(5)28(18-32)31(38)35(30(27)37)19-21(3)4/h8-17,20-21H,6-7,19H2,1-5H3/b27-17+. The largest absolute Gasteiger partial charge is 0.273 e. The van der Waals surface area contributed by atoms with Gasteiger partial charge in [-0.15, -0.1) is 0 Å². The summed E-state index contributed by atoms with van der Waals surface area (Å²) in [5, 5.41) is 14.5. The number of imide groups is 1. The van der Waals surface area contributed by atoms with Crippen molar-refractivity contribution in [3.8, 4) is 23.0 Å². The number of carbonyl (C=O) groups is 2. The van der Waals surface area contributed by atoms with Crippen molar-refractivity contribution in [2.45, 2.75) is 39.5 Å². The van der Waals surface area contributed by atoms with Crippen molar-refractivity contribution in [2.75, 3.05) is 19.6 Å². The van der Waals surface area contributed by atoms with Gasteiger partial charge >= 0.3 is 0 Å². The third-order valence-corrected chi connectivity index (χ3v) is 8.93.